The predicted molar refractivity (Wildman–Crippen MR) is 105 cm³/mol. The maximum atomic E-state index is 12.5. The molecule has 0 aromatic heterocycles. The van der Waals surface area contributed by atoms with Crippen molar-refractivity contribution in [3.05, 3.63) is 63.2 Å². The van der Waals surface area contributed by atoms with Gasteiger partial charge in [-0.3, -0.25) is 4.79 Å². The highest BCUT2D eigenvalue weighted by atomic mass is 16.5. The standard InChI is InChI=1S/C22H27NO4/c1-13-14(2)16(4)21(17(5)15(13)3)22(25)27-12-20(24)23-11-18-7-9-19(26-6)10-8-18/h7-10H,11-12H2,1-6H3,(H,23,24). The Balaban J connectivity index is 1.96. The van der Waals surface area contributed by atoms with E-state index in [2.05, 4.69) is 5.32 Å². The molecule has 0 aliphatic rings. The summed E-state index contributed by atoms with van der Waals surface area (Å²) in [6.07, 6.45) is 0. The predicted octanol–water partition coefficient (Wildman–Crippen LogP) is 3.71. The van der Waals surface area contributed by atoms with Crippen molar-refractivity contribution in [2.24, 2.45) is 0 Å². The maximum Gasteiger partial charge on any atom is 0.339 e. The normalized spacial score (nSPS) is 10.4. The van der Waals surface area contributed by atoms with Gasteiger partial charge in [-0.25, -0.2) is 4.79 Å². The van der Waals surface area contributed by atoms with Gasteiger partial charge in [0.25, 0.3) is 5.91 Å². The Morgan fingerprint density at radius 2 is 1.37 bits per heavy atom. The second kappa shape index (κ2) is 8.71. The number of rotatable bonds is 6. The van der Waals surface area contributed by atoms with E-state index in [-0.39, 0.29) is 12.5 Å². The molecule has 0 aliphatic carbocycles. The summed E-state index contributed by atoms with van der Waals surface area (Å²) in [6.45, 7) is 9.92. The number of amides is 1. The van der Waals surface area contributed by atoms with Crippen LogP contribution in [0.1, 0.15) is 43.7 Å². The van der Waals surface area contributed by atoms with Crippen LogP contribution in [-0.4, -0.2) is 25.6 Å². The van der Waals surface area contributed by atoms with Crippen molar-refractivity contribution in [3.8, 4) is 5.75 Å². The van der Waals surface area contributed by atoms with Gasteiger partial charge in [0.05, 0.1) is 12.7 Å². The Labute approximate surface area is 160 Å². The van der Waals surface area contributed by atoms with E-state index in [1.54, 1.807) is 7.11 Å². The summed E-state index contributed by atoms with van der Waals surface area (Å²) in [7, 11) is 1.60. The SMILES string of the molecule is COc1ccc(CNC(=O)COC(=O)c2c(C)c(C)c(C)c(C)c2C)cc1. The van der Waals surface area contributed by atoms with Gasteiger partial charge in [0.15, 0.2) is 6.61 Å². The average molecular weight is 369 g/mol. The lowest BCUT2D eigenvalue weighted by atomic mass is 9.90. The zero-order valence-corrected chi connectivity index (χ0v) is 16.9. The Bertz CT molecular complexity index is 825. The minimum atomic E-state index is -0.462. The van der Waals surface area contributed by atoms with Crippen LogP contribution in [0.5, 0.6) is 5.75 Å². The summed E-state index contributed by atoms with van der Waals surface area (Å²) < 4.78 is 10.4. The monoisotopic (exact) mass is 369 g/mol. The smallest absolute Gasteiger partial charge is 0.339 e. The summed E-state index contributed by atoms with van der Waals surface area (Å²) >= 11 is 0. The molecule has 0 saturated carbocycles. The second-order valence-electron chi connectivity index (χ2n) is 6.70. The molecular weight excluding hydrogens is 342 g/mol. The molecule has 2 rings (SSSR count). The van der Waals surface area contributed by atoms with E-state index in [1.807, 2.05) is 58.9 Å². The Kier molecular flexibility index (Phi) is 6.61. The average Bonchev–Trinajstić information content (AvgIpc) is 2.68. The summed E-state index contributed by atoms with van der Waals surface area (Å²) in [5.41, 5.74) is 6.63. The third-order valence-electron chi connectivity index (χ3n) is 5.19. The van der Waals surface area contributed by atoms with Gasteiger partial charge >= 0.3 is 5.97 Å². The second-order valence-corrected chi connectivity index (χ2v) is 6.70. The number of methoxy groups -OCH3 is 1. The van der Waals surface area contributed by atoms with Crippen molar-refractivity contribution in [1.29, 1.82) is 0 Å². The number of carbonyl (C=O) groups is 2. The minimum Gasteiger partial charge on any atom is -0.497 e. The Morgan fingerprint density at radius 1 is 0.852 bits per heavy atom. The van der Waals surface area contributed by atoms with Crippen LogP contribution in [-0.2, 0) is 16.1 Å². The van der Waals surface area contributed by atoms with Crippen molar-refractivity contribution in [3.63, 3.8) is 0 Å². The molecule has 1 N–H and O–H groups in total. The molecule has 27 heavy (non-hydrogen) atoms. The molecule has 5 nitrogen and oxygen atoms in total. The molecule has 0 atom stereocenters. The fourth-order valence-corrected chi connectivity index (χ4v) is 3.00. The minimum absolute atomic E-state index is 0.306. The molecule has 0 unspecified atom stereocenters. The lowest BCUT2D eigenvalue weighted by molar-refractivity contribution is -0.124. The van der Waals surface area contributed by atoms with Gasteiger partial charge < -0.3 is 14.8 Å². The molecule has 0 radical (unpaired) electrons. The first-order chi connectivity index (χ1) is 12.8. The Morgan fingerprint density at radius 3 is 1.89 bits per heavy atom. The van der Waals surface area contributed by atoms with Crippen LogP contribution >= 0.6 is 0 Å². The number of benzene rings is 2. The number of ether oxygens (including phenoxy) is 2. The lowest BCUT2D eigenvalue weighted by Gasteiger charge is -2.17. The largest absolute Gasteiger partial charge is 0.497 e. The van der Waals surface area contributed by atoms with Crippen molar-refractivity contribution in [1.82, 2.24) is 5.32 Å². The van der Waals surface area contributed by atoms with E-state index >= 15 is 0 Å². The van der Waals surface area contributed by atoms with Gasteiger partial charge in [-0.2, -0.15) is 0 Å². The molecule has 0 aliphatic heterocycles. The van der Waals surface area contributed by atoms with Crippen LogP contribution in [0.15, 0.2) is 24.3 Å². The molecule has 2 aromatic rings. The third-order valence-corrected chi connectivity index (χ3v) is 5.19. The highest BCUT2D eigenvalue weighted by Gasteiger charge is 2.20. The van der Waals surface area contributed by atoms with E-state index in [0.717, 1.165) is 33.6 Å². The molecule has 2 aromatic carbocycles. The Hall–Kier alpha value is -2.82. The fraction of sp³-hybridized carbons (Fsp3) is 0.364. The van der Waals surface area contributed by atoms with Crippen LogP contribution < -0.4 is 10.1 Å². The zero-order chi connectivity index (χ0) is 20.1. The van der Waals surface area contributed by atoms with Gasteiger partial charge in [0.1, 0.15) is 5.75 Å². The summed E-state index contributed by atoms with van der Waals surface area (Å²) in [5.74, 6) is -0.0424. The molecular formula is C22H27NO4. The van der Waals surface area contributed by atoms with E-state index < -0.39 is 5.97 Å². The number of esters is 1. The number of hydrogen-bond donors (Lipinski definition) is 1. The summed E-state index contributed by atoms with van der Waals surface area (Å²) in [5, 5.41) is 2.75. The number of carbonyl (C=O) groups excluding carboxylic acids is 2. The topological polar surface area (TPSA) is 64.6 Å². The van der Waals surface area contributed by atoms with Crippen LogP contribution in [0, 0.1) is 34.6 Å². The molecule has 1 amide bonds. The first-order valence-electron chi connectivity index (χ1n) is 8.90. The maximum absolute atomic E-state index is 12.5. The number of nitrogens with one attached hydrogen (secondary N) is 1. The van der Waals surface area contributed by atoms with Crippen LogP contribution in [0.25, 0.3) is 0 Å². The van der Waals surface area contributed by atoms with Gasteiger partial charge in [-0.1, -0.05) is 12.1 Å². The first-order valence-corrected chi connectivity index (χ1v) is 8.90. The van der Waals surface area contributed by atoms with Crippen LogP contribution in [0.4, 0.5) is 0 Å². The van der Waals surface area contributed by atoms with E-state index in [0.29, 0.717) is 12.1 Å². The van der Waals surface area contributed by atoms with E-state index in [4.69, 9.17) is 9.47 Å². The van der Waals surface area contributed by atoms with Crippen molar-refractivity contribution < 1.29 is 19.1 Å². The highest BCUT2D eigenvalue weighted by Crippen LogP contribution is 2.26. The van der Waals surface area contributed by atoms with Gasteiger partial charge in [-0.15, -0.1) is 0 Å². The summed E-state index contributed by atoms with van der Waals surface area (Å²) in [6, 6.07) is 7.40. The van der Waals surface area contributed by atoms with Crippen LogP contribution in [0.3, 0.4) is 0 Å². The van der Waals surface area contributed by atoms with Crippen molar-refractivity contribution >= 4 is 11.9 Å². The molecule has 0 fully saturated rings. The van der Waals surface area contributed by atoms with Gasteiger partial charge in [-0.05, 0) is 80.1 Å². The molecule has 0 bridgehead atoms. The van der Waals surface area contributed by atoms with E-state index in [9.17, 15) is 9.59 Å². The molecule has 5 heteroatoms. The van der Waals surface area contributed by atoms with Crippen LogP contribution in [0.2, 0.25) is 0 Å². The quantitative estimate of drug-likeness (QED) is 0.789. The van der Waals surface area contributed by atoms with Gasteiger partial charge in [0, 0.05) is 6.54 Å². The zero-order valence-electron chi connectivity index (χ0n) is 16.9. The van der Waals surface area contributed by atoms with Gasteiger partial charge in [0.2, 0.25) is 0 Å². The fourth-order valence-electron chi connectivity index (χ4n) is 3.00. The highest BCUT2D eigenvalue weighted by molar-refractivity contribution is 5.95. The first kappa shape index (κ1) is 20.5. The third kappa shape index (κ3) is 4.67. The van der Waals surface area contributed by atoms with Crippen molar-refractivity contribution in [2.75, 3.05) is 13.7 Å². The van der Waals surface area contributed by atoms with E-state index in [1.165, 1.54) is 5.56 Å². The molecule has 144 valence electrons. The lowest BCUT2D eigenvalue weighted by Crippen LogP contribution is -2.28. The van der Waals surface area contributed by atoms with Crippen molar-refractivity contribution in [2.45, 2.75) is 41.2 Å². The molecule has 0 spiro atoms. The number of hydrogen-bond acceptors (Lipinski definition) is 4. The molecule has 0 heterocycles. The summed E-state index contributed by atoms with van der Waals surface area (Å²) in [4.78, 5) is 24.6. The molecule has 0 saturated heterocycles.